The normalized spacial score (nSPS) is 29.8. The van der Waals surface area contributed by atoms with Crippen LogP contribution >= 0.6 is 0 Å². The zero-order valence-corrected chi connectivity index (χ0v) is 16.7. The lowest BCUT2D eigenvalue weighted by atomic mass is 9.79. The summed E-state index contributed by atoms with van der Waals surface area (Å²) in [6.45, 7) is 4.09. The first-order valence-corrected chi connectivity index (χ1v) is 10.2. The molecule has 1 aliphatic heterocycles. The Kier molecular flexibility index (Phi) is 6.99. The Balaban J connectivity index is 1.76. The molecular weight excluding hydrogens is 360 g/mol. The van der Waals surface area contributed by atoms with Gasteiger partial charge in [0.15, 0.2) is 11.5 Å². The standard InChI is InChI=1S/C22H32O6/c1-13(2)6-3-4-7-14-8-5-9-16-15(14)10-11-17(23)21(16)28-22-20(26)19(25)18(24)12-27-22/h6,10-11,14,18-20,22-26H,3-5,7-9,12H2,1-2H3/t14?,18-,19-,20+,22+/m0/s1. The van der Waals surface area contributed by atoms with Crippen molar-refractivity contribution in [3.8, 4) is 11.5 Å². The molecule has 1 heterocycles. The van der Waals surface area contributed by atoms with Crippen molar-refractivity contribution in [3.05, 3.63) is 34.9 Å². The highest BCUT2D eigenvalue weighted by atomic mass is 16.7. The second kappa shape index (κ2) is 9.27. The molecule has 1 aromatic rings. The molecule has 0 spiro atoms. The fourth-order valence-electron chi connectivity index (χ4n) is 4.14. The molecule has 0 aromatic heterocycles. The Morgan fingerprint density at radius 3 is 2.75 bits per heavy atom. The number of aliphatic hydroxyl groups excluding tert-OH is 3. The molecule has 6 nitrogen and oxygen atoms in total. The van der Waals surface area contributed by atoms with Gasteiger partial charge in [-0.25, -0.2) is 0 Å². The van der Waals surface area contributed by atoms with Gasteiger partial charge in [0.1, 0.15) is 18.3 Å². The lowest BCUT2D eigenvalue weighted by molar-refractivity contribution is -0.242. The van der Waals surface area contributed by atoms with Crippen molar-refractivity contribution in [2.75, 3.05) is 6.61 Å². The van der Waals surface area contributed by atoms with E-state index in [-0.39, 0.29) is 12.4 Å². The van der Waals surface area contributed by atoms with Gasteiger partial charge in [-0.1, -0.05) is 17.7 Å². The topological polar surface area (TPSA) is 99.4 Å². The van der Waals surface area contributed by atoms with E-state index in [9.17, 15) is 20.4 Å². The fourth-order valence-corrected chi connectivity index (χ4v) is 4.14. The number of aromatic hydroxyl groups is 1. The van der Waals surface area contributed by atoms with E-state index in [0.29, 0.717) is 11.7 Å². The van der Waals surface area contributed by atoms with Crippen molar-refractivity contribution in [2.45, 2.75) is 82.9 Å². The number of phenols is 1. The smallest absolute Gasteiger partial charge is 0.229 e. The van der Waals surface area contributed by atoms with Crippen LogP contribution in [-0.2, 0) is 11.2 Å². The third-order valence-corrected chi connectivity index (χ3v) is 5.69. The first-order valence-electron chi connectivity index (χ1n) is 10.2. The Bertz CT molecular complexity index is 697. The molecule has 3 rings (SSSR count). The summed E-state index contributed by atoms with van der Waals surface area (Å²) in [7, 11) is 0. The second-order valence-electron chi connectivity index (χ2n) is 8.15. The number of hydrogen-bond acceptors (Lipinski definition) is 6. The molecule has 1 aromatic carbocycles. The molecule has 0 radical (unpaired) electrons. The number of phenolic OH excluding ortho intramolecular Hbond substituents is 1. The predicted molar refractivity (Wildman–Crippen MR) is 105 cm³/mol. The summed E-state index contributed by atoms with van der Waals surface area (Å²) < 4.78 is 11.2. The average Bonchev–Trinajstić information content (AvgIpc) is 2.67. The highest BCUT2D eigenvalue weighted by Crippen LogP contribution is 2.44. The van der Waals surface area contributed by atoms with Gasteiger partial charge >= 0.3 is 0 Å². The molecule has 0 bridgehead atoms. The number of fused-ring (bicyclic) bond motifs is 1. The average molecular weight is 392 g/mol. The summed E-state index contributed by atoms with van der Waals surface area (Å²) in [5.41, 5.74) is 3.47. The maximum absolute atomic E-state index is 10.4. The van der Waals surface area contributed by atoms with Gasteiger partial charge in [0.2, 0.25) is 6.29 Å². The van der Waals surface area contributed by atoms with Gasteiger partial charge in [-0.2, -0.15) is 0 Å². The molecule has 0 amide bonds. The maximum Gasteiger partial charge on any atom is 0.229 e. The lowest BCUT2D eigenvalue weighted by Crippen LogP contribution is -2.54. The summed E-state index contributed by atoms with van der Waals surface area (Å²) in [6, 6.07) is 3.60. The van der Waals surface area contributed by atoms with E-state index in [0.717, 1.165) is 44.1 Å². The number of aliphatic hydroxyl groups is 3. The number of rotatable bonds is 6. The molecular formula is C22H32O6. The Labute approximate surface area is 166 Å². The summed E-state index contributed by atoms with van der Waals surface area (Å²) in [5, 5.41) is 40.0. The molecule has 1 aliphatic carbocycles. The first-order chi connectivity index (χ1) is 13.4. The fraction of sp³-hybridized carbons (Fsp3) is 0.636. The minimum absolute atomic E-state index is 0.000327. The number of hydrogen-bond donors (Lipinski definition) is 4. The number of ether oxygens (including phenoxy) is 2. The summed E-state index contributed by atoms with van der Waals surface area (Å²) in [4.78, 5) is 0. The second-order valence-corrected chi connectivity index (χ2v) is 8.15. The number of unbranched alkanes of at least 4 members (excludes halogenated alkanes) is 1. The van der Waals surface area contributed by atoms with Crippen LogP contribution < -0.4 is 4.74 Å². The Hall–Kier alpha value is -1.60. The van der Waals surface area contributed by atoms with Crippen molar-refractivity contribution < 1.29 is 29.9 Å². The van der Waals surface area contributed by atoms with Crippen LogP contribution in [0.15, 0.2) is 23.8 Å². The van der Waals surface area contributed by atoms with E-state index in [2.05, 4.69) is 19.9 Å². The van der Waals surface area contributed by atoms with Gasteiger partial charge in [0, 0.05) is 5.56 Å². The predicted octanol–water partition coefficient (Wildman–Crippen LogP) is 2.77. The van der Waals surface area contributed by atoms with Crippen LogP contribution in [0.4, 0.5) is 0 Å². The zero-order chi connectivity index (χ0) is 20.3. The molecule has 156 valence electrons. The van der Waals surface area contributed by atoms with Crippen LogP contribution in [-0.4, -0.2) is 51.6 Å². The van der Waals surface area contributed by atoms with Gasteiger partial charge < -0.3 is 29.9 Å². The van der Waals surface area contributed by atoms with Crippen LogP contribution in [0.1, 0.15) is 63.0 Å². The highest BCUT2D eigenvalue weighted by molar-refractivity contribution is 5.52. The molecule has 2 aliphatic rings. The monoisotopic (exact) mass is 392 g/mol. The first kappa shape index (κ1) is 21.1. The quantitative estimate of drug-likeness (QED) is 0.439. The molecule has 1 unspecified atom stereocenters. The van der Waals surface area contributed by atoms with Crippen LogP contribution in [0.5, 0.6) is 11.5 Å². The molecule has 5 atom stereocenters. The SMILES string of the molecule is CC(C)=CCCCC1CCCc2c1ccc(O)c2O[C@H]1OC[C@H](O)[C@H](O)[C@H]1O. The minimum Gasteiger partial charge on any atom is -0.504 e. The molecule has 1 saturated heterocycles. The molecule has 1 fully saturated rings. The van der Waals surface area contributed by atoms with Gasteiger partial charge in [-0.15, -0.1) is 0 Å². The minimum atomic E-state index is -1.39. The van der Waals surface area contributed by atoms with Gasteiger partial charge in [0.25, 0.3) is 0 Å². The largest absolute Gasteiger partial charge is 0.504 e. The van der Waals surface area contributed by atoms with E-state index >= 15 is 0 Å². The third kappa shape index (κ3) is 4.69. The van der Waals surface area contributed by atoms with Gasteiger partial charge in [0.05, 0.1) is 6.61 Å². The van der Waals surface area contributed by atoms with Crippen LogP contribution in [0.3, 0.4) is 0 Å². The summed E-state index contributed by atoms with van der Waals surface area (Å²) in [6.07, 6.45) is 3.41. The third-order valence-electron chi connectivity index (χ3n) is 5.69. The number of benzene rings is 1. The van der Waals surface area contributed by atoms with Crippen LogP contribution in [0.25, 0.3) is 0 Å². The van der Waals surface area contributed by atoms with Crippen LogP contribution in [0, 0.1) is 0 Å². The van der Waals surface area contributed by atoms with Gasteiger partial charge in [-0.05, 0) is 69.9 Å². The zero-order valence-electron chi connectivity index (χ0n) is 16.7. The van der Waals surface area contributed by atoms with Crippen molar-refractivity contribution >= 4 is 0 Å². The molecule has 4 N–H and O–H groups in total. The van der Waals surface area contributed by atoms with E-state index < -0.39 is 24.6 Å². The van der Waals surface area contributed by atoms with Crippen LogP contribution in [0.2, 0.25) is 0 Å². The van der Waals surface area contributed by atoms with E-state index in [1.54, 1.807) is 6.07 Å². The Morgan fingerprint density at radius 2 is 2.00 bits per heavy atom. The molecule has 0 saturated carbocycles. The molecule has 6 heteroatoms. The van der Waals surface area contributed by atoms with E-state index in [1.807, 2.05) is 6.07 Å². The Morgan fingerprint density at radius 1 is 1.21 bits per heavy atom. The van der Waals surface area contributed by atoms with Crippen molar-refractivity contribution in [1.82, 2.24) is 0 Å². The van der Waals surface area contributed by atoms with E-state index in [1.165, 1.54) is 11.1 Å². The highest BCUT2D eigenvalue weighted by Gasteiger charge is 2.40. The van der Waals surface area contributed by atoms with E-state index in [4.69, 9.17) is 9.47 Å². The number of allylic oxidation sites excluding steroid dienone is 2. The van der Waals surface area contributed by atoms with Crippen molar-refractivity contribution in [2.24, 2.45) is 0 Å². The summed E-state index contributed by atoms with van der Waals surface area (Å²) in [5.74, 6) is 0.737. The van der Waals surface area contributed by atoms with Crippen molar-refractivity contribution in [3.63, 3.8) is 0 Å². The lowest BCUT2D eigenvalue weighted by Gasteiger charge is -2.36. The van der Waals surface area contributed by atoms with Gasteiger partial charge in [-0.3, -0.25) is 0 Å². The van der Waals surface area contributed by atoms with Crippen molar-refractivity contribution in [1.29, 1.82) is 0 Å². The summed E-state index contributed by atoms with van der Waals surface area (Å²) >= 11 is 0. The maximum atomic E-state index is 10.4. The molecule has 28 heavy (non-hydrogen) atoms.